The number of furan rings is 1. The van der Waals surface area contributed by atoms with Crippen molar-refractivity contribution in [2.24, 2.45) is 0 Å². The molecule has 0 unspecified atom stereocenters. The summed E-state index contributed by atoms with van der Waals surface area (Å²) in [5.41, 5.74) is 0.484. The minimum Gasteiger partial charge on any atom is -0.467 e. The van der Waals surface area contributed by atoms with Crippen molar-refractivity contribution in [3.05, 3.63) is 70.8 Å². The van der Waals surface area contributed by atoms with E-state index in [0.717, 1.165) is 4.88 Å². The maximum atomic E-state index is 12.8. The zero-order chi connectivity index (χ0) is 21.6. The van der Waals surface area contributed by atoms with Crippen LogP contribution in [0.4, 0.5) is 5.69 Å². The van der Waals surface area contributed by atoms with Crippen LogP contribution in [0.1, 0.15) is 17.6 Å². The van der Waals surface area contributed by atoms with Crippen LogP contribution < -0.4 is 10.0 Å². The summed E-state index contributed by atoms with van der Waals surface area (Å²) in [4.78, 5) is 26.4. The monoisotopic (exact) mass is 447 g/mol. The number of sulfonamides is 1. The molecule has 0 aliphatic carbocycles. The number of rotatable bonds is 9. The summed E-state index contributed by atoms with van der Waals surface area (Å²) in [6, 6.07) is 13.0. The van der Waals surface area contributed by atoms with Gasteiger partial charge in [0.15, 0.2) is 0 Å². The normalized spacial score (nSPS) is 11.2. The van der Waals surface area contributed by atoms with E-state index < -0.39 is 10.0 Å². The number of carbonyl (C=O) groups excluding carboxylic acids is 2. The second-order valence-electron chi connectivity index (χ2n) is 6.44. The Hall–Kier alpha value is -2.95. The van der Waals surface area contributed by atoms with Crippen LogP contribution in [0.3, 0.4) is 0 Å². The van der Waals surface area contributed by atoms with Gasteiger partial charge in [-0.25, -0.2) is 13.1 Å². The summed E-state index contributed by atoms with van der Waals surface area (Å²) < 4.78 is 32.8. The molecular formula is C20H21N3O5S2. The molecule has 3 aromatic rings. The van der Waals surface area contributed by atoms with Gasteiger partial charge < -0.3 is 14.6 Å². The van der Waals surface area contributed by atoms with E-state index in [2.05, 4.69) is 10.0 Å². The summed E-state index contributed by atoms with van der Waals surface area (Å²) in [7, 11) is -3.89. The highest BCUT2D eigenvalue weighted by atomic mass is 32.2. The molecule has 0 radical (unpaired) electrons. The molecule has 0 saturated carbocycles. The maximum absolute atomic E-state index is 12.8. The van der Waals surface area contributed by atoms with Crippen molar-refractivity contribution in [2.75, 3.05) is 11.9 Å². The summed E-state index contributed by atoms with van der Waals surface area (Å²) in [5.74, 6) is -0.0220. The van der Waals surface area contributed by atoms with Gasteiger partial charge >= 0.3 is 0 Å². The quantitative estimate of drug-likeness (QED) is 0.524. The van der Waals surface area contributed by atoms with Gasteiger partial charge in [-0.2, -0.15) is 0 Å². The van der Waals surface area contributed by atoms with E-state index in [4.69, 9.17) is 4.42 Å². The smallest absolute Gasteiger partial charge is 0.241 e. The molecule has 0 spiro atoms. The number of hydrogen-bond acceptors (Lipinski definition) is 6. The van der Waals surface area contributed by atoms with Gasteiger partial charge in [-0.1, -0.05) is 6.07 Å². The molecule has 1 aromatic carbocycles. The Kier molecular flexibility index (Phi) is 7.03. The maximum Gasteiger partial charge on any atom is 0.241 e. The van der Waals surface area contributed by atoms with Crippen molar-refractivity contribution in [1.82, 2.24) is 9.62 Å². The lowest BCUT2D eigenvalue weighted by atomic mass is 10.3. The first-order chi connectivity index (χ1) is 14.3. The average molecular weight is 448 g/mol. The van der Waals surface area contributed by atoms with E-state index >= 15 is 0 Å². The molecule has 0 aliphatic heterocycles. The van der Waals surface area contributed by atoms with E-state index in [0.29, 0.717) is 18.0 Å². The third-order valence-electron chi connectivity index (χ3n) is 4.10. The number of benzene rings is 1. The lowest BCUT2D eigenvalue weighted by Gasteiger charge is -2.21. The summed E-state index contributed by atoms with van der Waals surface area (Å²) in [6.07, 6.45) is 1.52. The van der Waals surface area contributed by atoms with Gasteiger partial charge in [-0.3, -0.25) is 9.59 Å². The van der Waals surface area contributed by atoms with Crippen molar-refractivity contribution in [1.29, 1.82) is 0 Å². The molecule has 2 aromatic heterocycles. The van der Waals surface area contributed by atoms with E-state index in [1.54, 1.807) is 12.1 Å². The first-order valence-electron chi connectivity index (χ1n) is 9.03. The van der Waals surface area contributed by atoms with Gasteiger partial charge in [0.05, 0.1) is 30.8 Å². The lowest BCUT2D eigenvalue weighted by molar-refractivity contribution is -0.131. The molecule has 2 amide bonds. The van der Waals surface area contributed by atoms with Crippen molar-refractivity contribution in [3.8, 4) is 0 Å². The Morgan fingerprint density at radius 2 is 1.83 bits per heavy atom. The van der Waals surface area contributed by atoms with Gasteiger partial charge in [0.2, 0.25) is 21.8 Å². The molecule has 3 rings (SSSR count). The van der Waals surface area contributed by atoms with Crippen molar-refractivity contribution >= 4 is 38.9 Å². The number of nitrogens with zero attached hydrogens (tertiary/aromatic N) is 1. The Morgan fingerprint density at radius 1 is 1.07 bits per heavy atom. The van der Waals surface area contributed by atoms with Crippen LogP contribution in [0.2, 0.25) is 0 Å². The van der Waals surface area contributed by atoms with Crippen LogP contribution >= 0.6 is 11.3 Å². The third-order valence-corrected chi connectivity index (χ3v) is 6.38. The highest BCUT2D eigenvalue weighted by Gasteiger charge is 2.20. The standard InChI is InChI=1S/C20H21N3O5S2/c1-15(24)22-16-6-8-19(9-7-16)30(26,27)21-12-20(25)23(13-17-4-2-10-28-17)14-18-5-3-11-29-18/h2-11,21H,12-14H2,1H3,(H,22,24). The summed E-state index contributed by atoms with van der Waals surface area (Å²) in [5, 5.41) is 4.48. The van der Waals surface area contributed by atoms with Crippen LogP contribution in [0.5, 0.6) is 0 Å². The second-order valence-corrected chi connectivity index (χ2v) is 9.24. The molecule has 10 heteroatoms. The first kappa shape index (κ1) is 21.8. The Morgan fingerprint density at radius 3 is 2.43 bits per heavy atom. The molecule has 0 aliphatic rings. The van der Waals surface area contributed by atoms with Crippen LogP contribution in [-0.4, -0.2) is 31.7 Å². The zero-order valence-corrected chi connectivity index (χ0v) is 17.8. The largest absolute Gasteiger partial charge is 0.467 e. The van der Waals surface area contributed by atoms with Crippen LogP contribution in [-0.2, 0) is 32.7 Å². The van der Waals surface area contributed by atoms with E-state index in [-0.39, 0.29) is 29.8 Å². The molecule has 0 bridgehead atoms. The lowest BCUT2D eigenvalue weighted by Crippen LogP contribution is -2.39. The highest BCUT2D eigenvalue weighted by Crippen LogP contribution is 2.16. The Balaban J connectivity index is 1.66. The predicted octanol–water partition coefficient (Wildman–Crippen LogP) is 2.81. The Labute approximate surface area is 178 Å². The molecule has 2 heterocycles. The minimum atomic E-state index is -3.89. The number of thiophene rings is 1. The first-order valence-corrected chi connectivity index (χ1v) is 11.4. The van der Waals surface area contributed by atoms with Gasteiger partial charge in [0, 0.05) is 17.5 Å². The predicted molar refractivity (Wildman–Crippen MR) is 113 cm³/mol. The number of anilines is 1. The molecule has 8 nitrogen and oxygen atoms in total. The highest BCUT2D eigenvalue weighted by molar-refractivity contribution is 7.89. The van der Waals surface area contributed by atoms with Crippen LogP contribution in [0.25, 0.3) is 0 Å². The van der Waals surface area contributed by atoms with Gasteiger partial charge in [0.1, 0.15) is 5.76 Å². The number of nitrogens with one attached hydrogen (secondary N) is 2. The Bertz CT molecular complexity index is 1040. The fourth-order valence-electron chi connectivity index (χ4n) is 2.69. The minimum absolute atomic E-state index is 0.000225. The average Bonchev–Trinajstić information content (AvgIpc) is 3.40. The SMILES string of the molecule is CC(=O)Nc1ccc(S(=O)(=O)NCC(=O)N(Cc2ccco2)Cc2cccs2)cc1. The fraction of sp³-hybridized carbons (Fsp3) is 0.200. The van der Waals surface area contributed by atoms with Gasteiger partial charge in [0.25, 0.3) is 0 Å². The van der Waals surface area contributed by atoms with Crippen molar-refractivity contribution in [3.63, 3.8) is 0 Å². The molecule has 30 heavy (non-hydrogen) atoms. The zero-order valence-electron chi connectivity index (χ0n) is 16.2. The van der Waals surface area contributed by atoms with Gasteiger partial charge in [-0.15, -0.1) is 11.3 Å². The van der Waals surface area contributed by atoms with E-state index in [1.165, 1.54) is 53.7 Å². The number of carbonyl (C=O) groups is 2. The van der Waals surface area contributed by atoms with Crippen molar-refractivity contribution < 1.29 is 22.4 Å². The number of hydrogen-bond donors (Lipinski definition) is 2. The van der Waals surface area contributed by atoms with E-state index in [1.807, 2.05) is 17.5 Å². The third kappa shape index (κ3) is 6.02. The second kappa shape index (κ2) is 9.70. The summed E-state index contributed by atoms with van der Waals surface area (Å²) >= 11 is 1.51. The molecule has 0 atom stereocenters. The van der Waals surface area contributed by atoms with Crippen molar-refractivity contribution in [2.45, 2.75) is 24.9 Å². The number of amides is 2. The molecular weight excluding hydrogens is 426 g/mol. The van der Waals surface area contributed by atoms with E-state index in [9.17, 15) is 18.0 Å². The van der Waals surface area contributed by atoms with Crippen LogP contribution in [0.15, 0.2) is 69.5 Å². The molecule has 2 N–H and O–H groups in total. The molecule has 0 saturated heterocycles. The fourth-order valence-corrected chi connectivity index (χ4v) is 4.38. The van der Waals surface area contributed by atoms with Crippen LogP contribution in [0, 0.1) is 0 Å². The van der Waals surface area contributed by atoms with Gasteiger partial charge in [-0.05, 0) is 47.8 Å². The molecule has 0 fully saturated rings. The molecule has 158 valence electrons. The topological polar surface area (TPSA) is 109 Å². The summed E-state index contributed by atoms with van der Waals surface area (Å²) in [6.45, 7) is 1.56.